The van der Waals surface area contributed by atoms with Crippen LogP contribution in [-0.4, -0.2) is 44.1 Å². The van der Waals surface area contributed by atoms with Crippen LogP contribution >= 0.6 is 0 Å². The molecule has 3 atom stereocenters. The number of pyridine rings is 1. The third-order valence-corrected chi connectivity index (χ3v) is 3.91. The molecule has 1 amide bonds. The van der Waals surface area contributed by atoms with Crippen molar-refractivity contribution in [1.29, 1.82) is 0 Å². The Morgan fingerprint density at radius 2 is 2.25 bits per heavy atom. The van der Waals surface area contributed by atoms with Gasteiger partial charge in [-0.1, -0.05) is 6.07 Å². The standard InChI is InChI=1S/C14H14N2O4/c1-7(17)11-10-6-8(9-4-2-3-5-15-9)12(14(19)20)16(10)13(11)18/h2-5,7,10-11,17H,6H2,1H3,(H,19,20)/t7-,10-,11-/m1/s1. The fourth-order valence-corrected chi connectivity index (χ4v) is 3.04. The first-order valence-corrected chi connectivity index (χ1v) is 6.41. The minimum Gasteiger partial charge on any atom is -0.477 e. The minimum atomic E-state index is -1.13. The Balaban J connectivity index is 2.03. The molecule has 3 heterocycles. The smallest absolute Gasteiger partial charge is 0.352 e. The molecule has 2 aliphatic heterocycles. The molecule has 20 heavy (non-hydrogen) atoms. The fraction of sp³-hybridized carbons (Fsp3) is 0.357. The van der Waals surface area contributed by atoms with Crippen molar-refractivity contribution < 1.29 is 19.8 Å². The molecule has 0 saturated carbocycles. The Morgan fingerprint density at radius 3 is 2.80 bits per heavy atom. The monoisotopic (exact) mass is 274 g/mol. The van der Waals surface area contributed by atoms with Gasteiger partial charge in [0.05, 0.1) is 23.8 Å². The molecule has 0 bridgehead atoms. The molecule has 1 saturated heterocycles. The molecule has 6 nitrogen and oxygen atoms in total. The molecule has 0 spiro atoms. The van der Waals surface area contributed by atoms with Crippen molar-refractivity contribution >= 4 is 17.4 Å². The van der Waals surface area contributed by atoms with Gasteiger partial charge in [-0.3, -0.25) is 9.78 Å². The zero-order valence-electron chi connectivity index (χ0n) is 10.9. The molecule has 1 aromatic rings. The zero-order chi connectivity index (χ0) is 14.4. The molecular weight excluding hydrogens is 260 g/mol. The number of carboxylic acid groups (broad SMARTS) is 1. The highest BCUT2D eigenvalue weighted by atomic mass is 16.4. The van der Waals surface area contributed by atoms with Gasteiger partial charge in [0.1, 0.15) is 5.70 Å². The number of β-lactam (4-membered cyclic amide) rings is 1. The van der Waals surface area contributed by atoms with Gasteiger partial charge < -0.3 is 15.1 Å². The highest BCUT2D eigenvalue weighted by molar-refractivity contribution is 6.05. The molecule has 0 unspecified atom stereocenters. The molecule has 2 aliphatic rings. The van der Waals surface area contributed by atoms with E-state index in [0.29, 0.717) is 17.7 Å². The van der Waals surface area contributed by atoms with Crippen LogP contribution in [0.4, 0.5) is 0 Å². The first-order chi connectivity index (χ1) is 9.52. The summed E-state index contributed by atoms with van der Waals surface area (Å²) in [6, 6.07) is 4.98. The molecule has 2 N–H and O–H groups in total. The molecule has 0 aromatic carbocycles. The second-order valence-electron chi connectivity index (χ2n) is 5.09. The average Bonchev–Trinajstić information content (AvgIpc) is 2.74. The van der Waals surface area contributed by atoms with E-state index in [-0.39, 0.29) is 17.6 Å². The largest absolute Gasteiger partial charge is 0.477 e. The van der Waals surface area contributed by atoms with Crippen LogP contribution in [0.1, 0.15) is 19.0 Å². The molecule has 3 rings (SSSR count). The van der Waals surface area contributed by atoms with E-state index in [1.807, 2.05) is 0 Å². The number of aliphatic hydroxyl groups is 1. The van der Waals surface area contributed by atoms with Crippen LogP contribution in [-0.2, 0) is 9.59 Å². The lowest BCUT2D eigenvalue weighted by atomic mass is 9.83. The molecule has 6 heteroatoms. The lowest BCUT2D eigenvalue weighted by molar-refractivity contribution is -0.161. The van der Waals surface area contributed by atoms with Gasteiger partial charge in [0.2, 0.25) is 5.91 Å². The van der Waals surface area contributed by atoms with Gasteiger partial charge in [-0.05, 0) is 25.5 Å². The van der Waals surface area contributed by atoms with E-state index < -0.39 is 18.0 Å². The Hall–Kier alpha value is -2.21. The second kappa shape index (κ2) is 4.42. The van der Waals surface area contributed by atoms with Crippen molar-refractivity contribution in [2.75, 3.05) is 0 Å². The van der Waals surface area contributed by atoms with Crippen LogP contribution in [0.3, 0.4) is 0 Å². The number of carbonyl (C=O) groups is 2. The van der Waals surface area contributed by atoms with E-state index in [9.17, 15) is 19.8 Å². The molecule has 1 aromatic heterocycles. The predicted molar refractivity (Wildman–Crippen MR) is 69.2 cm³/mol. The number of aromatic nitrogens is 1. The first kappa shape index (κ1) is 12.8. The van der Waals surface area contributed by atoms with Crippen molar-refractivity contribution in [3.05, 3.63) is 35.8 Å². The molecular formula is C14H14N2O4. The summed E-state index contributed by atoms with van der Waals surface area (Å²) < 4.78 is 0. The van der Waals surface area contributed by atoms with Gasteiger partial charge in [-0.2, -0.15) is 0 Å². The Kier molecular flexibility index (Phi) is 2.83. The van der Waals surface area contributed by atoms with Gasteiger partial charge in [0.15, 0.2) is 0 Å². The topological polar surface area (TPSA) is 90.7 Å². The van der Waals surface area contributed by atoms with Crippen LogP contribution < -0.4 is 0 Å². The van der Waals surface area contributed by atoms with E-state index in [4.69, 9.17) is 0 Å². The normalized spacial score (nSPS) is 26.3. The van der Waals surface area contributed by atoms with Crippen LogP contribution in [0.2, 0.25) is 0 Å². The zero-order valence-corrected chi connectivity index (χ0v) is 10.9. The number of nitrogens with zero attached hydrogens (tertiary/aromatic N) is 2. The van der Waals surface area contributed by atoms with E-state index >= 15 is 0 Å². The number of rotatable bonds is 3. The number of amides is 1. The number of aliphatic hydroxyl groups excluding tert-OH is 1. The summed E-state index contributed by atoms with van der Waals surface area (Å²) in [6.45, 7) is 1.55. The predicted octanol–water partition coefficient (Wildman–Crippen LogP) is 0.489. The molecule has 0 aliphatic carbocycles. The minimum absolute atomic E-state index is 0.00407. The van der Waals surface area contributed by atoms with Crippen molar-refractivity contribution in [3.8, 4) is 0 Å². The maximum Gasteiger partial charge on any atom is 0.352 e. The van der Waals surface area contributed by atoms with E-state index in [1.165, 1.54) is 4.90 Å². The lowest BCUT2D eigenvalue weighted by Gasteiger charge is -2.44. The van der Waals surface area contributed by atoms with Crippen molar-refractivity contribution in [1.82, 2.24) is 9.88 Å². The SMILES string of the molecule is C[C@@H](O)[C@H]1C(=O)N2C(C(=O)O)=C(c3ccccn3)C[C@H]12. The van der Waals surface area contributed by atoms with Gasteiger partial charge in [-0.25, -0.2) is 4.79 Å². The van der Waals surface area contributed by atoms with Crippen LogP contribution in [0.15, 0.2) is 30.1 Å². The van der Waals surface area contributed by atoms with Gasteiger partial charge in [-0.15, -0.1) is 0 Å². The maximum atomic E-state index is 12.0. The summed E-state index contributed by atoms with van der Waals surface area (Å²) in [7, 11) is 0. The summed E-state index contributed by atoms with van der Waals surface area (Å²) in [6.07, 6.45) is 1.23. The summed E-state index contributed by atoms with van der Waals surface area (Å²) in [5.74, 6) is -1.98. The summed E-state index contributed by atoms with van der Waals surface area (Å²) in [5.41, 5.74) is 1.12. The molecule has 0 radical (unpaired) electrons. The summed E-state index contributed by atoms with van der Waals surface area (Å²) in [5, 5.41) is 19.0. The molecule has 104 valence electrons. The molecule has 1 fully saturated rings. The summed E-state index contributed by atoms with van der Waals surface area (Å²) >= 11 is 0. The van der Waals surface area contributed by atoms with Gasteiger partial charge in [0, 0.05) is 11.8 Å². The summed E-state index contributed by atoms with van der Waals surface area (Å²) in [4.78, 5) is 28.9. The van der Waals surface area contributed by atoms with Crippen molar-refractivity contribution in [2.45, 2.75) is 25.5 Å². The van der Waals surface area contributed by atoms with E-state index in [2.05, 4.69) is 4.98 Å². The highest BCUT2D eigenvalue weighted by Gasteiger charge is 2.56. The quantitative estimate of drug-likeness (QED) is 0.783. The number of carboxylic acids is 1. The van der Waals surface area contributed by atoms with Crippen LogP contribution in [0.5, 0.6) is 0 Å². The van der Waals surface area contributed by atoms with E-state index in [0.717, 1.165) is 0 Å². The fourth-order valence-electron chi connectivity index (χ4n) is 3.04. The third-order valence-electron chi connectivity index (χ3n) is 3.91. The van der Waals surface area contributed by atoms with E-state index in [1.54, 1.807) is 31.3 Å². The number of aliphatic carboxylic acids is 1. The van der Waals surface area contributed by atoms with Crippen molar-refractivity contribution in [2.24, 2.45) is 5.92 Å². The maximum absolute atomic E-state index is 12.0. The number of fused-ring (bicyclic) bond motifs is 1. The average molecular weight is 274 g/mol. The number of hydrogen-bond acceptors (Lipinski definition) is 4. The number of carbonyl (C=O) groups excluding carboxylic acids is 1. The Labute approximate surface area is 115 Å². The van der Waals surface area contributed by atoms with Gasteiger partial charge in [0.25, 0.3) is 0 Å². The highest BCUT2D eigenvalue weighted by Crippen LogP contribution is 2.46. The Morgan fingerprint density at radius 1 is 1.50 bits per heavy atom. The first-order valence-electron chi connectivity index (χ1n) is 6.41. The van der Waals surface area contributed by atoms with Crippen LogP contribution in [0.25, 0.3) is 5.57 Å². The van der Waals surface area contributed by atoms with Gasteiger partial charge >= 0.3 is 5.97 Å². The van der Waals surface area contributed by atoms with Crippen molar-refractivity contribution in [3.63, 3.8) is 0 Å². The van der Waals surface area contributed by atoms with Crippen LogP contribution in [0, 0.1) is 5.92 Å². The second-order valence-corrected chi connectivity index (χ2v) is 5.09. The lowest BCUT2D eigenvalue weighted by Crippen LogP contribution is -2.61. The third kappa shape index (κ3) is 1.65. The number of hydrogen-bond donors (Lipinski definition) is 2. The Bertz CT molecular complexity index is 609.